The summed E-state index contributed by atoms with van der Waals surface area (Å²) in [4.78, 5) is 26.3. The smallest absolute Gasteiger partial charge is 0.255 e. The van der Waals surface area contributed by atoms with E-state index < -0.39 is 0 Å². The van der Waals surface area contributed by atoms with Crippen molar-refractivity contribution in [1.82, 2.24) is 0 Å². The molecule has 0 unspecified atom stereocenters. The lowest BCUT2D eigenvalue weighted by molar-refractivity contribution is 0.102. The van der Waals surface area contributed by atoms with Crippen molar-refractivity contribution in [3.05, 3.63) is 95.6 Å². The van der Waals surface area contributed by atoms with Crippen LogP contribution in [0, 0.1) is 0 Å². The Hall–Kier alpha value is -3.40. The van der Waals surface area contributed by atoms with Crippen molar-refractivity contribution in [2.45, 2.75) is 18.8 Å². The third-order valence-corrected chi connectivity index (χ3v) is 5.58. The van der Waals surface area contributed by atoms with E-state index in [2.05, 4.69) is 40.5 Å². The van der Waals surface area contributed by atoms with E-state index >= 15 is 0 Å². The maximum absolute atomic E-state index is 12.5. The molecule has 0 aromatic heterocycles. The van der Waals surface area contributed by atoms with E-state index in [1.807, 2.05) is 30.3 Å². The van der Waals surface area contributed by atoms with Gasteiger partial charge in [0.2, 0.25) is 0 Å². The first-order chi connectivity index (χ1) is 14.2. The third-order valence-electron chi connectivity index (χ3n) is 5.58. The molecule has 0 radical (unpaired) electrons. The molecule has 0 bridgehead atoms. The highest BCUT2D eigenvalue weighted by Gasteiger charge is 2.21. The van der Waals surface area contributed by atoms with E-state index in [1.54, 1.807) is 18.2 Å². The molecular weight excluding hydrogens is 360 g/mol. The molecule has 3 aromatic rings. The van der Waals surface area contributed by atoms with Crippen LogP contribution in [-0.4, -0.2) is 25.3 Å². The fourth-order valence-corrected chi connectivity index (χ4v) is 3.93. The minimum atomic E-state index is -0.214. The predicted molar refractivity (Wildman–Crippen MR) is 117 cm³/mol. The summed E-state index contributed by atoms with van der Waals surface area (Å²) in [7, 11) is 0. The van der Waals surface area contributed by atoms with Crippen LogP contribution >= 0.6 is 0 Å². The van der Waals surface area contributed by atoms with Crippen LogP contribution < -0.4 is 10.2 Å². The zero-order chi connectivity index (χ0) is 20.1. The molecule has 0 saturated carbocycles. The molecule has 4 rings (SSSR count). The van der Waals surface area contributed by atoms with Gasteiger partial charge in [0.25, 0.3) is 5.91 Å². The Labute approximate surface area is 171 Å². The lowest BCUT2D eigenvalue weighted by atomic mass is 9.89. The summed E-state index contributed by atoms with van der Waals surface area (Å²) in [6.07, 6.45) is 2.96. The Bertz CT molecular complexity index is 978. The molecule has 1 fully saturated rings. The first-order valence-corrected chi connectivity index (χ1v) is 10.00. The highest BCUT2D eigenvalue weighted by atomic mass is 16.1. The average Bonchev–Trinajstić information content (AvgIpc) is 2.80. The molecule has 146 valence electrons. The summed E-state index contributed by atoms with van der Waals surface area (Å²) in [6, 6.07) is 25.3. The van der Waals surface area contributed by atoms with Crippen LogP contribution in [0.1, 0.15) is 45.0 Å². The number of hydrogen-bond acceptors (Lipinski definition) is 3. The van der Waals surface area contributed by atoms with E-state index in [9.17, 15) is 9.59 Å². The minimum Gasteiger partial charge on any atom is -0.371 e. The molecule has 1 N–H and O–H groups in total. The molecule has 4 heteroatoms. The van der Waals surface area contributed by atoms with E-state index in [-0.39, 0.29) is 5.91 Å². The van der Waals surface area contributed by atoms with Crippen molar-refractivity contribution in [1.29, 1.82) is 0 Å². The van der Waals surface area contributed by atoms with Crippen LogP contribution in [0.5, 0.6) is 0 Å². The Balaban J connectivity index is 1.48. The van der Waals surface area contributed by atoms with Gasteiger partial charge in [-0.2, -0.15) is 0 Å². The Morgan fingerprint density at radius 1 is 0.897 bits per heavy atom. The zero-order valence-corrected chi connectivity index (χ0v) is 16.3. The molecule has 3 aromatic carbocycles. The summed E-state index contributed by atoms with van der Waals surface area (Å²) in [5, 5.41) is 2.90. The minimum absolute atomic E-state index is 0.214. The van der Waals surface area contributed by atoms with Gasteiger partial charge in [-0.1, -0.05) is 48.5 Å². The number of carbonyl (C=O) groups is 2. The second kappa shape index (κ2) is 8.74. The van der Waals surface area contributed by atoms with Gasteiger partial charge < -0.3 is 10.2 Å². The number of piperidine rings is 1. The van der Waals surface area contributed by atoms with Gasteiger partial charge in [-0.25, -0.2) is 0 Å². The molecule has 0 spiro atoms. The molecule has 4 nitrogen and oxygen atoms in total. The zero-order valence-electron chi connectivity index (χ0n) is 16.3. The van der Waals surface area contributed by atoms with Gasteiger partial charge in [0.05, 0.1) is 5.69 Å². The van der Waals surface area contributed by atoms with E-state index in [4.69, 9.17) is 0 Å². The summed E-state index contributed by atoms with van der Waals surface area (Å²) in [5.41, 5.74) is 4.04. The van der Waals surface area contributed by atoms with Gasteiger partial charge in [0.15, 0.2) is 6.29 Å². The SMILES string of the molecule is O=Cc1ccc(N2CCC(c3ccccc3)CC2)cc1NC(=O)c1ccccc1. The van der Waals surface area contributed by atoms with Crippen molar-refractivity contribution in [3.63, 3.8) is 0 Å². The quantitative estimate of drug-likeness (QED) is 0.620. The van der Waals surface area contributed by atoms with Crippen molar-refractivity contribution < 1.29 is 9.59 Å². The van der Waals surface area contributed by atoms with E-state index in [0.717, 1.165) is 37.9 Å². The lowest BCUT2D eigenvalue weighted by Crippen LogP contribution is -2.33. The normalized spacial score (nSPS) is 14.4. The molecular formula is C25H24N2O2. The van der Waals surface area contributed by atoms with Gasteiger partial charge in [-0.05, 0) is 54.7 Å². The van der Waals surface area contributed by atoms with Crippen LogP contribution in [0.4, 0.5) is 11.4 Å². The number of amides is 1. The highest BCUT2D eigenvalue weighted by molar-refractivity contribution is 6.06. The fraction of sp³-hybridized carbons (Fsp3) is 0.200. The number of hydrogen-bond donors (Lipinski definition) is 1. The van der Waals surface area contributed by atoms with E-state index in [1.165, 1.54) is 5.56 Å². The number of aldehydes is 1. The van der Waals surface area contributed by atoms with Gasteiger partial charge >= 0.3 is 0 Å². The monoisotopic (exact) mass is 384 g/mol. The van der Waals surface area contributed by atoms with Crippen LogP contribution in [0.3, 0.4) is 0 Å². The Morgan fingerprint density at radius 2 is 1.55 bits per heavy atom. The summed E-state index contributed by atoms with van der Waals surface area (Å²) in [6.45, 7) is 1.90. The van der Waals surface area contributed by atoms with E-state index in [0.29, 0.717) is 22.7 Å². The van der Waals surface area contributed by atoms with Crippen LogP contribution in [0.25, 0.3) is 0 Å². The van der Waals surface area contributed by atoms with Crippen LogP contribution in [0.2, 0.25) is 0 Å². The largest absolute Gasteiger partial charge is 0.371 e. The number of nitrogens with zero attached hydrogens (tertiary/aromatic N) is 1. The molecule has 1 aliphatic heterocycles. The Morgan fingerprint density at radius 3 is 2.21 bits per heavy atom. The average molecular weight is 384 g/mol. The molecule has 29 heavy (non-hydrogen) atoms. The molecule has 1 aliphatic rings. The van der Waals surface area contributed by atoms with Crippen molar-refractivity contribution in [3.8, 4) is 0 Å². The van der Waals surface area contributed by atoms with Gasteiger partial charge in [0.1, 0.15) is 0 Å². The fourth-order valence-electron chi connectivity index (χ4n) is 3.93. The summed E-state index contributed by atoms with van der Waals surface area (Å²) < 4.78 is 0. The van der Waals surface area contributed by atoms with Crippen LogP contribution in [-0.2, 0) is 0 Å². The van der Waals surface area contributed by atoms with Crippen molar-refractivity contribution >= 4 is 23.6 Å². The molecule has 0 atom stereocenters. The Kier molecular flexibility index (Phi) is 5.71. The number of rotatable bonds is 5. The maximum Gasteiger partial charge on any atom is 0.255 e. The molecule has 1 heterocycles. The number of benzene rings is 3. The van der Waals surface area contributed by atoms with Gasteiger partial charge in [0, 0.05) is 29.9 Å². The maximum atomic E-state index is 12.5. The number of anilines is 2. The van der Waals surface area contributed by atoms with Gasteiger partial charge in [-0.15, -0.1) is 0 Å². The second-order valence-electron chi connectivity index (χ2n) is 7.38. The summed E-state index contributed by atoms with van der Waals surface area (Å²) in [5.74, 6) is 0.368. The molecule has 0 aliphatic carbocycles. The standard InChI is InChI=1S/C25H24N2O2/c28-18-22-11-12-23(17-24(22)26-25(29)21-9-5-2-6-10-21)27-15-13-20(14-16-27)19-7-3-1-4-8-19/h1-12,17-18,20H,13-16H2,(H,26,29). The molecule has 1 saturated heterocycles. The predicted octanol–water partition coefficient (Wildman–Crippen LogP) is 5.14. The number of carbonyl (C=O) groups excluding carboxylic acids is 2. The molecule has 1 amide bonds. The highest BCUT2D eigenvalue weighted by Crippen LogP contribution is 2.32. The first kappa shape index (κ1) is 18.9. The summed E-state index contributed by atoms with van der Waals surface area (Å²) >= 11 is 0. The third kappa shape index (κ3) is 4.37. The van der Waals surface area contributed by atoms with Crippen LogP contribution in [0.15, 0.2) is 78.9 Å². The van der Waals surface area contributed by atoms with Crippen molar-refractivity contribution in [2.24, 2.45) is 0 Å². The second-order valence-corrected chi connectivity index (χ2v) is 7.38. The lowest BCUT2D eigenvalue weighted by Gasteiger charge is -2.34. The van der Waals surface area contributed by atoms with Gasteiger partial charge in [-0.3, -0.25) is 9.59 Å². The van der Waals surface area contributed by atoms with Crippen molar-refractivity contribution in [2.75, 3.05) is 23.3 Å². The number of nitrogens with one attached hydrogen (secondary N) is 1. The first-order valence-electron chi connectivity index (χ1n) is 10.00. The topological polar surface area (TPSA) is 49.4 Å².